The fourth-order valence-corrected chi connectivity index (χ4v) is 3.18. The summed E-state index contributed by atoms with van der Waals surface area (Å²) >= 11 is 6.78. The van der Waals surface area contributed by atoms with Crippen molar-refractivity contribution < 1.29 is 15.9 Å². The minimum absolute atomic E-state index is 0.0975. The summed E-state index contributed by atoms with van der Waals surface area (Å²) in [6.45, 7) is 5.33. The second kappa shape index (κ2) is 6.63. The molecule has 0 unspecified atom stereocenters. The first kappa shape index (κ1) is 17.2. The Morgan fingerprint density at radius 1 is 1.22 bits per heavy atom. The lowest BCUT2D eigenvalue weighted by atomic mass is 10.0. The van der Waals surface area contributed by atoms with E-state index in [1.165, 1.54) is 23.0 Å². The number of hydrogen-bond donors (Lipinski definition) is 0. The molecular weight excluding hydrogens is 401 g/mol. The van der Waals surface area contributed by atoms with Crippen molar-refractivity contribution in [2.75, 3.05) is 0 Å². The molecule has 10 heteroatoms. The van der Waals surface area contributed by atoms with E-state index in [0.29, 0.717) is 11.8 Å². The van der Waals surface area contributed by atoms with Gasteiger partial charge in [-0.3, -0.25) is 4.79 Å². The van der Waals surface area contributed by atoms with E-state index in [2.05, 4.69) is 15.3 Å². The average Bonchev–Trinajstić information content (AvgIpc) is 3.40. The monoisotopic (exact) mass is 420 g/mol. The van der Waals surface area contributed by atoms with Gasteiger partial charge in [0, 0.05) is 14.0 Å². The van der Waals surface area contributed by atoms with Crippen molar-refractivity contribution in [3.63, 3.8) is 0 Å². The third-order valence-corrected chi connectivity index (χ3v) is 5.13. The number of nitrogens with zero attached hydrogens (tertiary/aromatic N) is 4. The molecule has 27 heavy (non-hydrogen) atoms. The van der Waals surface area contributed by atoms with Gasteiger partial charge in [-0.2, -0.15) is 18.3 Å². The van der Waals surface area contributed by atoms with Crippen LogP contribution >= 0.6 is 23.4 Å². The first-order valence-electron chi connectivity index (χ1n) is 8.78. The van der Waals surface area contributed by atoms with Crippen LogP contribution in [0.3, 0.4) is 0 Å². The van der Waals surface area contributed by atoms with Gasteiger partial charge in [-0.1, -0.05) is 35.9 Å². The fraction of sp³-hybridized carbons (Fsp3) is 0.412. The molecule has 1 aromatic carbocycles. The predicted molar refractivity (Wildman–Crippen MR) is 97.1 cm³/mol. The van der Waals surface area contributed by atoms with Crippen molar-refractivity contribution in [3.05, 3.63) is 57.0 Å². The second-order valence-electron chi connectivity index (χ2n) is 6.86. The van der Waals surface area contributed by atoms with Crippen LogP contribution in [-0.2, 0) is 16.9 Å². The van der Waals surface area contributed by atoms with Gasteiger partial charge in [0.2, 0.25) is 0 Å². The van der Waals surface area contributed by atoms with Crippen LogP contribution in [-0.4, -0.2) is 16.0 Å². The number of halogens is 4. The normalized spacial score (nSPS) is 17.4. The molecule has 0 saturated carbocycles. The van der Waals surface area contributed by atoms with Crippen LogP contribution in [0.5, 0.6) is 0 Å². The predicted octanol–water partition coefficient (Wildman–Crippen LogP) is 5.12. The molecule has 0 spiro atoms. The number of thioether (sulfide) groups is 1. The molecule has 0 aliphatic carbocycles. The van der Waals surface area contributed by atoms with Crippen molar-refractivity contribution in [1.29, 1.82) is 0 Å². The van der Waals surface area contributed by atoms with Crippen molar-refractivity contribution in [2.45, 2.75) is 48.7 Å². The van der Waals surface area contributed by atoms with Crippen LogP contribution in [0.25, 0.3) is 0 Å². The molecule has 2 aromatic rings. The summed E-state index contributed by atoms with van der Waals surface area (Å²) in [5.41, 5.74) is -5.89. The summed E-state index contributed by atoms with van der Waals surface area (Å²) in [7, 11) is 0. The van der Waals surface area contributed by atoms with Gasteiger partial charge >= 0.3 is 11.8 Å². The van der Waals surface area contributed by atoms with Gasteiger partial charge in [-0.05, 0) is 26.3 Å². The molecule has 5 nitrogen and oxygen atoms in total. The fourth-order valence-electron chi connectivity index (χ4n) is 2.29. The molecule has 0 fully saturated rings. The Balaban J connectivity index is 1.87. The number of hydrogen-bond acceptors (Lipinski definition) is 5. The highest BCUT2D eigenvalue weighted by atomic mass is 35.5. The van der Waals surface area contributed by atoms with E-state index >= 15 is 0 Å². The molecule has 0 amide bonds. The summed E-state index contributed by atoms with van der Waals surface area (Å²) in [4.78, 5) is 12.5. The molecule has 1 aliphatic heterocycles. The lowest BCUT2D eigenvalue weighted by molar-refractivity contribution is -0.166. The lowest BCUT2D eigenvalue weighted by Gasteiger charge is -2.21. The average molecular weight is 421 g/mol. The highest BCUT2D eigenvalue weighted by Crippen LogP contribution is 2.52. The van der Waals surface area contributed by atoms with Crippen LogP contribution in [0, 0.1) is 0 Å². The molecular formula is C17H16ClF3N4OS. The van der Waals surface area contributed by atoms with Crippen LogP contribution in [0.15, 0.2) is 50.4 Å². The van der Waals surface area contributed by atoms with Gasteiger partial charge in [0.25, 0.3) is 5.56 Å². The summed E-state index contributed by atoms with van der Waals surface area (Å²) in [5.74, 6) is 0. The number of aromatic nitrogens is 2. The van der Waals surface area contributed by atoms with E-state index in [9.17, 15) is 18.0 Å². The van der Waals surface area contributed by atoms with E-state index in [-0.39, 0.29) is 21.0 Å². The first-order valence-corrected chi connectivity index (χ1v) is 8.98. The number of benzene rings is 1. The molecule has 0 bridgehead atoms. The van der Waals surface area contributed by atoms with Crippen LogP contribution in [0.2, 0.25) is 5.02 Å². The zero-order valence-electron chi connectivity index (χ0n) is 16.5. The maximum absolute atomic E-state index is 13.1. The van der Waals surface area contributed by atoms with Gasteiger partial charge in [-0.15, -0.1) is 22.0 Å². The van der Waals surface area contributed by atoms with Crippen LogP contribution in [0.4, 0.5) is 13.2 Å². The molecule has 0 N–H and O–H groups in total. The molecule has 144 valence electrons. The highest BCUT2D eigenvalue weighted by Gasteiger charge is 2.65. The Morgan fingerprint density at radius 3 is 2.30 bits per heavy atom. The van der Waals surface area contributed by atoms with E-state index in [1.54, 1.807) is 20.8 Å². The summed E-state index contributed by atoms with van der Waals surface area (Å²) < 4.78 is 57.0. The van der Waals surface area contributed by atoms with Crippen molar-refractivity contribution >= 4 is 23.4 Å². The number of rotatable bonds is 4. The van der Waals surface area contributed by atoms with Gasteiger partial charge < -0.3 is 0 Å². The maximum atomic E-state index is 13.1. The van der Waals surface area contributed by atoms with E-state index in [0.717, 1.165) is 12.1 Å². The summed E-state index contributed by atoms with van der Waals surface area (Å²) in [5, 5.41) is 10.1. The SMILES string of the molecule is [3H]C([3H])(Sc1cnn(C(C)(C)C)c(=O)c1Cl)c1ccc(C2(C(F)(F)F)N=N2)cc1. The van der Waals surface area contributed by atoms with E-state index in [4.69, 9.17) is 14.3 Å². The molecule has 3 rings (SSSR count). The minimum Gasteiger partial charge on any atom is -0.266 e. The van der Waals surface area contributed by atoms with Gasteiger partial charge in [0.05, 0.1) is 16.6 Å². The standard InChI is InChI=1S/C17H16ClF3N4OS/c1-15(2,3)25-14(26)13(18)12(8-22-25)27-9-10-4-6-11(7-5-10)16(23-24-16)17(19,20)21/h4-8H,9H2,1-3H3/i9T2. The third kappa shape index (κ3) is 3.75. The molecule has 0 saturated heterocycles. The molecule has 1 aliphatic rings. The van der Waals surface area contributed by atoms with Gasteiger partial charge in [0.15, 0.2) is 0 Å². The van der Waals surface area contributed by atoms with E-state index < -0.39 is 28.6 Å². The quantitative estimate of drug-likeness (QED) is 0.644. The largest absolute Gasteiger partial charge is 0.442 e. The second-order valence-corrected chi connectivity index (χ2v) is 8.09. The molecule has 0 atom stereocenters. The highest BCUT2D eigenvalue weighted by molar-refractivity contribution is 7.98. The Kier molecular flexibility index (Phi) is 4.23. The van der Waals surface area contributed by atoms with Crippen LogP contribution in [0.1, 0.15) is 34.6 Å². The minimum atomic E-state index is -4.65. The van der Waals surface area contributed by atoms with Gasteiger partial charge in [0.1, 0.15) is 5.02 Å². The van der Waals surface area contributed by atoms with Crippen LogP contribution < -0.4 is 5.56 Å². The molecule has 0 radical (unpaired) electrons. The van der Waals surface area contributed by atoms with Crippen molar-refractivity contribution in [3.8, 4) is 0 Å². The summed E-state index contributed by atoms with van der Waals surface area (Å²) in [6, 6.07) is 4.74. The molecule has 1 aromatic heterocycles. The zero-order valence-corrected chi connectivity index (χ0v) is 16.1. The Morgan fingerprint density at radius 2 is 1.81 bits per heavy atom. The Labute approximate surface area is 165 Å². The zero-order chi connectivity index (χ0) is 21.8. The van der Waals surface area contributed by atoms with Crippen molar-refractivity contribution in [2.24, 2.45) is 10.2 Å². The lowest BCUT2D eigenvalue weighted by Crippen LogP contribution is -2.36. The molecule has 2 heterocycles. The Hall–Kier alpha value is -1.87. The van der Waals surface area contributed by atoms with Crippen molar-refractivity contribution in [1.82, 2.24) is 9.78 Å². The van der Waals surface area contributed by atoms with Gasteiger partial charge in [-0.25, -0.2) is 4.68 Å². The number of alkyl halides is 3. The van der Waals surface area contributed by atoms with E-state index in [1.807, 2.05) is 0 Å². The summed E-state index contributed by atoms with van der Waals surface area (Å²) in [6.07, 6.45) is -3.36. The topological polar surface area (TPSA) is 59.6 Å². The maximum Gasteiger partial charge on any atom is 0.442 e. The third-order valence-electron chi connectivity index (χ3n) is 3.78. The Bertz CT molecular complexity index is 1030. The smallest absolute Gasteiger partial charge is 0.266 e. The first-order chi connectivity index (χ1) is 13.2.